The minimum absolute atomic E-state index is 0.0531. The van der Waals surface area contributed by atoms with E-state index < -0.39 is 0 Å². The molecule has 1 saturated heterocycles. The van der Waals surface area contributed by atoms with Crippen LogP contribution in [0.25, 0.3) is 0 Å². The first kappa shape index (κ1) is 21.3. The van der Waals surface area contributed by atoms with Crippen molar-refractivity contribution >= 4 is 33.9 Å². The lowest BCUT2D eigenvalue weighted by molar-refractivity contribution is -0.892. The van der Waals surface area contributed by atoms with Crippen LogP contribution in [0.1, 0.15) is 34.6 Å². The number of hydrogen-bond acceptors (Lipinski definition) is 5. The summed E-state index contributed by atoms with van der Waals surface area (Å²) in [6, 6.07) is 10.4. The number of amides is 1. The fraction of sp³-hybridized carbons (Fsp3) is 0.455. The first-order valence-corrected chi connectivity index (χ1v) is 11.1. The third-order valence-corrected chi connectivity index (χ3v) is 6.36. The Morgan fingerprint density at radius 1 is 1.17 bits per heavy atom. The van der Waals surface area contributed by atoms with Crippen molar-refractivity contribution in [2.45, 2.75) is 27.2 Å². The van der Waals surface area contributed by atoms with E-state index in [0.717, 1.165) is 43.0 Å². The number of anilines is 2. The molecule has 1 amide bonds. The molecule has 0 saturated carbocycles. The SMILES string of the molecule is CCOC(=O)c1c(NC(=O)C[NH+]2CCN(c3ccccc3)CC2)sc(C)c1CC. The number of ether oxygens (including phenoxy) is 1. The van der Waals surface area contributed by atoms with Crippen LogP contribution in [0, 0.1) is 6.92 Å². The molecule has 0 atom stereocenters. The normalized spacial score (nSPS) is 14.7. The number of benzene rings is 1. The Balaban J connectivity index is 1.59. The molecule has 6 nitrogen and oxygen atoms in total. The molecule has 29 heavy (non-hydrogen) atoms. The minimum Gasteiger partial charge on any atom is -0.462 e. The second kappa shape index (κ2) is 9.89. The topological polar surface area (TPSA) is 63.1 Å². The van der Waals surface area contributed by atoms with E-state index in [9.17, 15) is 9.59 Å². The van der Waals surface area contributed by atoms with Crippen LogP contribution in [0.15, 0.2) is 30.3 Å². The summed E-state index contributed by atoms with van der Waals surface area (Å²) in [5.74, 6) is -0.407. The molecular weight excluding hydrogens is 386 g/mol. The third kappa shape index (κ3) is 5.16. The van der Waals surface area contributed by atoms with Crippen molar-refractivity contribution in [3.8, 4) is 0 Å². The number of carbonyl (C=O) groups excluding carboxylic acids is 2. The van der Waals surface area contributed by atoms with Gasteiger partial charge >= 0.3 is 5.97 Å². The van der Waals surface area contributed by atoms with Gasteiger partial charge in [0.25, 0.3) is 5.91 Å². The average molecular weight is 417 g/mol. The van der Waals surface area contributed by atoms with Gasteiger partial charge in [-0.05, 0) is 38.0 Å². The number of aryl methyl sites for hydroxylation is 1. The first-order chi connectivity index (χ1) is 14.0. The number of hydrogen-bond donors (Lipinski definition) is 2. The van der Waals surface area contributed by atoms with Gasteiger partial charge in [0, 0.05) is 10.6 Å². The maximum atomic E-state index is 12.7. The Hall–Kier alpha value is -2.38. The largest absolute Gasteiger partial charge is 0.462 e. The molecule has 3 rings (SSSR count). The third-order valence-electron chi connectivity index (χ3n) is 5.30. The summed E-state index contributed by atoms with van der Waals surface area (Å²) in [5.41, 5.74) is 2.72. The molecule has 7 heteroatoms. The maximum Gasteiger partial charge on any atom is 0.341 e. The van der Waals surface area contributed by atoms with Gasteiger partial charge in [0.15, 0.2) is 6.54 Å². The van der Waals surface area contributed by atoms with Gasteiger partial charge in [-0.1, -0.05) is 25.1 Å². The van der Waals surface area contributed by atoms with Gasteiger partial charge in [-0.2, -0.15) is 0 Å². The number of carbonyl (C=O) groups is 2. The fourth-order valence-electron chi connectivity index (χ4n) is 3.81. The maximum absolute atomic E-state index is 12.7. The van der Waals surface area contributed by atoms with Crippen molar-refractivity contribution in [1.29, 1.82) is 0 Å². The van der Waals surface area contributed by atoms with Crippen molar-refractivity contribution in [2.24, 2.45) is 0 Å². The Morgan fingerprint density at radius 3 is 2.48 bits per heavy atom. The second-order valence-corrected chi connectivity index (χ2v) is 8.44. The molecule has 1 fully saturated rings. The van der Waals surface area contributed by atoms with Crippen LogP contribution in [-0.2, 0) is 16.0 Å². The van der Waals surface area contributed by atoms with Gasteiger partial charge in [0.05, 0.1) is 38.3 Å². The predicted molar refractivity (Wildman–Crippen MR) is 117 cm³/mol. The molecule has 2 aromatic rings. The molecule has 0 aliphatic carbocycles. The molecule has 0 bridgehead atoms. The summed E-state index contributed by atoms with van der Waals surface area (Å²) < 4.78 is 5.22. The molecule has 1 aromatic carbocycles. The zero-order chi connectivity index (χ0) is 20.8. The number of piperazine rings is 1. The van der Waals surface area contributed by atoms with Crippen LogP contribution < -0.4 is 15.1 Å². The van der Waals surface area contributed by atoms with Crippen molar-refractivity contribution in [2.75, 3.05) is 49.5 Å². The highest BCUT2D eigenvalue weighted by atomic mass is 32.1. The quantitative estimate of drug-likeness (QED) is 0.679. The van der Waals surface area contributed by atoms with Gasteiger partial charge in [0.2, 0.25) is 0 Å². The number of nitrogens with one attached hydrogen (secondary N) is 2. The molecule has 2 heterocycles. The first-order valence-electron chi connectivity index (χ1n) is 10.3. The predicted octanol–water partition coefficient (Wildman–Crippen LogP) is 2.14. The highest BCUT2D eigenvalue weighted by Gasteiger charge is 2.26. The second-order valence-electron chi connectivity index (χ2n) is 7.21. The number of rotatable bonds is 7. The molecule has 1 aliphatic rings. The van der Waals surface area contributed by atoms with Crippen molar-refractivity contribution in [3.05, 3.63) is 46.3 Å². The number of thiophene rings is 1. The lowest BCUT2D eigenvalue weighted by Crippen LogP contribution is -3.15. The number of esters is 1. The smallest absolute Gasteiger partial charge is 0.341 e. The highest BCUT2D eigenvalue weighted by molar-refractivity contribution is 7.16. The van der Waals surface area contributed by atoms with Crippen LogP contribution in [0.5, 0.6) is 0 Å². The number of para-hydroxylation sites is 1. The van der Waals surface area contributed by atoms with Crippen LogP contribution in [0.3, 0.4) is 0 Å². The zero-order valence-corrected chi connectivity index (χ0v) is 18.2. The van der Waals surface area contributed by atoms with Gasteiger partial charge in [0.1, 0.15) is 5.00 Å². The van der Waals surface area contributed by atoms with E-state index in [1.54, 1.807) is 6.92 Å². The summed E-state index contributed by atoms with van der Waals surface area (Å²) in [6.45, 7) is 10.2. The highest BCUT2D eigenvalue weighted by Crippen LogP contribution is 2.34. The standard InChI is InChI=1S/C22H29N3O3S/c1-4-18-16(3)29-21(20(18)22(27)28-5-2)23-19(26)15-24-11-13-25(14-12-24)17-9-7-6-8-10-17/h6-10H,4-5,11-15H2,1-3H3,(H,23,26)/p+1. The van der Waals surface area contributed by atoms with Gasteiger partial charge in [-0.3, -0.25) is 4.79 Å². The average Bonchev–Trinajstić information content (AvgIpc) is 3.04. The number of quaternary nitrogens is 1. The molecular formula is C22H30N3O3S+. The minimum atomic E-state index is -0.354. The molecule has 156 valence electrons. The number of nitrogens with zero attached hydrogens (tertiary/aromatic N) is 1. The monoisotopic (exact) mass is 416 g/mol. The van der Waals surface area contributed by atoms with E-state index in [2.05, 4.69) is 34.5 Å². The lowest BCUT2D eigenvalue weighted by atomic mass is 10.1. The zero-order valence-electron chi connectivity index (χ0n) is 17.4. The van der Waals surface area contributed by atoms with E-state index in [1.807, 2.05) is 19.9 Å². The fourth-order valence-corrected chi connectivity index (χ4v) is 4.96. The van der Waals surface area contributed by atoms with E-state index in [4.69, 9.17) is 4.74 Å². The molecule has 1 aromatic heterocycles. The summed E-state index contributed by atoms with van der Waals surface area (Å²) in [4.78, 5) is 29.8. The van der Waals surface area contributed by atoms with Crippen LogP contribution in [0.2, 0.25) is 0 Å². The molecule has 0 unspecified atom stereocenters. The van der Waals surface area contributed by atoms with E-state index in [1.165, 1.54) is 21.9 Å². The van der Waals surface area contributed by atoms with E-state index in [0.29, 0.717) is 23.7 Å². The van der Waals surface area contributed by atoms with Crippen LogP contribution >= 0.6 is 11.3 Å². The lowest BCUT2D eigenvalue weighted by Gasteiger charge is -2.33. The van der Waals surface area contributed by atoms with Crippen LogP contribution in [0.4, 0.5) is 10.7 Å². The van der Waals surface area contributed by atoms with Crippen molar-refractivity contribution in [3.63, 3.8) is 0 Å². The molecule has 0 radical (unpaired) electrons. The Bertz CT molecular complexity index is 842. The van der Waals surface area contributed by atoms with Crippen LogP contribution in [-0.4, -0.2) is 51.2 Å². The summed E-state index contributed by atoms with van der Waals surface area (Å²) >= 11 is 1.46. The summed E-state index contributed by atoms with van der Waals surface area (Å²) in [7, 11) is 0. The van der Waals surface area contributed by atoms with Gasteiger partial charge in [-0.25, -0.2) is 4.79 Å². The Kier molecular flexibility index (Phi) is 7.28. The van der Waals surface area contributed by atoms with Gasteiger partial charge in [-0.15, -0.1) is 11.3 Å². The van der Waals surface area contributed by atoms with E-state index in [-0.39, 0.29) is 11.9 Å². The van der Waals surface area contributed by atoms with E-state index >= 15 is 0 Å². The Morgan fingerprint density at radius 2 is 1.86 bits per heavy atom. The molecule has 0 spiro atoms. The van der Waals surface area contributed by atoms with Crippen molar-refractivity contribution < 1.29 is 19.2 Å². The Labute approximate surface area is 176 Å². The molecule has 1 aliphatic heterocycles. The summed E-state index contributed by atoms with van der Waals surface area (Å²) in [5, 5.41) is 3.60. The summed E-state index contributed by atoms with van der Waals surface area (Å²) in [6.07, 6.45) is 0.735. The molecule has 2 N–H and O–H groups in total. The van der Waals surface area contributed by atoms with Gasteiger partial charge < -0.3 is 19.9 Å². The van der Waals surface area contributed by atoms with Crippen molar-refractivity contribution in [1.82, 2.24) is 0 Å².